The maximum atomic E-state index is 12.8. The van der Waals surface area contributed by atoms with Crippen LogP contribution in [0.2, 0.25) is 0 Å². The minimum Gasteiger partial charge on any atom is -0.369 e. The summed E-state index contributed by atoms with van der Waals surface area (Å²) in [7, 11) is -3.72. The van der Waals surface area contributed by atoms with E-state index >= 15 is 0 Å². The highest BCUT2D eigenvalue weighted by Gasteiger charge is 2.18. The first kappa shape index (κ1) is 17.9. The number of hydrogen-bond acceptors (Lipinski definition) is 4. The van der Waals surface area contributed by atoms with E-state index in [2.05, 4.69) is 15.2 Å². The molecule has 0 unspecified atom stereocenters. The Hall–Kier alpha value is -3.52. The fourth-order valence-corrected chi connectivity index (χ4v) is 4.25. The average molecular weight is 393 g/mol. The van der Waals surface area contributed by atoms with Crippen LogP contribution in [0.4, 0.5) is 5.69 Å². The maximum Gasteiger partial charge on any atom is 0.261 e. The number of anilines is 1. The first-order valence-corrected chi connectivity index (χ1v) is 10.1. The molecule has 0 saturated heterocycles. The number of fused-ring (bicyclic) bond motifs is 2. The topological polar surface area (TPSA) is 123 Å². The summed E-state index contributed by atoms with van der Waals surface area (Å²) in [5.74, 6) is -0.0810. The highest BCUT2D eigenvalue weighted by Crippen LogP contribution is 2.29. The zero-order chi connectivity index (χ0) is 19.7. The quantitative estimate of drug-likeness (QED) is 0.301. The van der Waals surface area contributed by atoms with Gasteiger partial charge in [-0.1, -0.05) is 42.5 Å². The average Bonchev–Trinajstić information content (AvgIpc) is 3.08. The lowest BCUT2D eigenvalue weighted by Crippen LogP contribution is -2.25. The van der Waals surface area contributed by atoms with Crippen LogP contribution in [0.5, 0.6) is 0 Å². The van der Waals surface area contributed by atoms with Gasteiger partial charge in [-0.2, -0.15) is 0 Å². The van der Waals surface area contributed by atoms with Crippen LogP contribution < -0.4 is 21.6 Å². The van der Waals surface area contributed by atoms with Gasteiger partial charge >= 0.3 is 0 Å². The Morgan fingerprint density at radius 3 is 2.54 bits per heavy atom. The first-order chi connectivity index (χ1) is 13.4. The third-order valence-electron chi connectivity index (χ3n) is 4.52. The summed E-state index contributed by atoms with van der Waals surface area (Å²) < 4.78 is 28.3. The van der Waals surface area contributed by atoms with Gasteiger partial charge in [-0.25, -0.2) is 8.42 Å². The molecule has 3 aromatic rings. The lowest BCUT2D eigenvalue weighted by Gasteiger charge is -2.12. The molecule has 0 fully saturated rings. The molecule has 0 spiro atoms. The predicted molar refractivity (Wildman–Crippen MR) is 112 cm³/mol. The number of hydrogen-bond donors (Lipinski definition) is 4. The molecule has 0 heterocycles. The Morgan fingerprint density at radius 1 is 0.964 bits per heavy atom. The minimum atomic E-state index is -3.72. The van der Waals surface area contributed by atoms with Crippen molar-refractivity contribution in [1.29, 1.82) is 0 Å². The Kier molecular flexibility index (Phi) is 4.40. The molecule has 0 aliphatic heterocycles. The summed E-state index contributed by atoms with van der Waals surface area (Å²) in [6.07, 6.45) is 2.66. The van der Waals surface area contributed by atoms with Gasteiger partial charge in [0.25, 0.3) is 10.0 Å². The van der Waals surface area contributed by atoms with Gasteiger partial charge in [-0.3, -0.25) is 10.1 Å². The van der Waals surface area contributed by atoms with Crippen molar-refractivity contribution in [3.8, 4) is 0 Å². The van der Waals surface area contributed by atoms with Crippen molar-refractivity contribution in [2.75, 3.05) is 4.72 Å². The second kappa shape index (κ2) is 6.90. The summed E-state index contributed by atoms with van der Waals surface area (Å²) in [6.45, 7) is 0. The second-order valence-electron chi connectivity index (χ2n) is 6.46. The van der Waals surface area contributed by atoms with Crippen LogP contribution in [-0.4, -0.2) is 14.4 Å². The number of nitrogens with one attached hydrogen (secondary N) is 2. The number of benzene rings is 3. The lowest BCUT2D eigenvalue weighted by atomic mass is 10.1. The predicted octanol–water partition coefficient (Wildman–Crippen LogP) is 2.32. The van der Waals surface area contributed by atoms with Crippen LogP contribution >= 0.6 is 0 Å². The molecule has 8 heteroatoms. The smallest absolute Gasteiger partial charge is 0.261 e. The highest BCUT2D eigenvalue weighted by molar-refractivity contribution is 7.92. The molecule has 4 rings (SSSR count). The van der Waals surface area contributed by atoms with Crippen molar-refractivity contribution in [2.24, 2.45) is 16.6 Å². The third-order valence-corrected chi connectivity index (χ3v) is 5.89. The van der Waals surface area contributed by atoms with E-state index in [1.54, 1.807) is 30.3 Å². The molecule has 1 aliphatic rings. The molecule has 0 bridgehead atoms. The van der Waals surface area contributed by atoms with E-state index in [9.17, 15) is 8.42 Å². The molecule has 6 N–H and O–H groups in total. The van der Waals surface area contributed by atoms with E-state index in [-0.39, 0.29) is 10.9 Å². The third kappa shape index (κ3) is 3.49. The lowest BCUT2D eigenvalue weighted by molar-refractivity contribution is 0.601. The van der Waals surface area contributed by atoms with Gasteiger partial charge in [0.1, 0.15) is 0 Å². The van der Waals surface area contributed by atoms with Crippen molar-refractivity contribution in [1.82, 2.24) is 5.43 Å². The normalized spacial score (nSPS) is 12.9. The molecule has 0 aromatic heterocycles. The summed E-state index contributed by atoms with van der Waals surface area (Å²) in [6, 6.07) is 18.1. The Bertz CT molecular complexity index is 1230. The molecular weight excluding hydrogens is 374 g/mol. The molecule has 1 aliphatic carbocycles. The number of nitrogens with two attached hydrogens (primary N) is 2. The van der Waals surface area contributed by atoms with Crippen LogP contribution in [0.1, 0.15) is 11.1 Å². The van der Waals surface area contributed by atoms with Crippen molar-refractivity contribution in [2.45, 2.75) is 11.3 Å². The van der Waals surface area contributed by atoms with Gasteiger partial charge in [0.15, 0.2) is 0 Å². The van der Waals surface area contributed by atoms with Crippen molar-refractivity contribution in [3.63, 3.8) is 0 Å². The largest absolute Gasteiger partial charge is 0.369 e. The van der Waals surface area contributed by atoms with Crippen LogP contribution in [0, 0.1) is 0 Å². The van der Waals surface area contributed by atoms with E-state index in [1.165, 1.54) is 0 Å². The van der Waals surface area contributed by atoms with Gasteiger partial charge in [-0.15, -0.1) is 5.10 Å². The van der Waals surface area contributed by atoms with E-state index in [0.717, 1.165) is 34.0 Å². The molecule has 0 saturated carbocycles. The molecule has 3 aromatic carbocycles. The standard InChI is InChI=1S/C20H19N5O2S/c21-20(22)24-23-19-10-7-14-5-8-16(12-18(14)19)25-28(26,27)17-9-6-13-3-1-2-4-15(13)11-17/h1-6,8-12,23,25H,7H2,(H4,21,22,24). The summed E-state index contributed by atoms with van der Waals surface area (Å²) in [5.41, 5.74) is 16.6. The number of hydrazone groups is 1. The van der Waals surface area contributed by atoms with Crippen LogP contribution in [0.25, 0.3) is 16.5 Å². The first-order valence-electron chi connectivity index (χ1n) is 8.62. The van der Waals surface area contributed by atoms with E-state index in [0.29, 0.717) is 5.69 Å². The molecule has 142 valence electrons. The van der Waals surface area contributed by atoms with Gasteiger partial charge in [0, 0.05) is 11.3 Å². The van der Waals surface area contributed by atoms with Crippen molar-refractivity contribution in [3.05, 3.63) is 77.9 Å². The van der Waals surface area contributed by atoms with Crippen molar-refractivity contribution >= 4 is 38.1 Å². The SMILES string of the molecule is NC(N)=NNC1=CCc2ccc(NS(=O)(=O)c3ccc4ccccc4c3)cc21. The maximum absolute atomic E-state index is 12.8. The molecule has 7 nitrogen and oxygen atoms in total. The highest BCUT2D eigenvalue weighted by atomic mass is 32.2. The summed E-state index contributed by atoms with van der Waals surface area (Å²) in [4.78, 5) is 0.209. The molecule has 28 heavy (non-hydrogen) atoms. The molecular formula is C20H19N5O2S. The molecule has 0 atom stereocenters. The number of rotatable bonds is 5. The Morgan fingerprint density at radius 2 is 1.75 bits per heavy atom. The number of guanidine groups is 1. The number of sulfonamides is 1. The Labute approximate surface area is 162 Å². The summed E-state index contributed by atoms with van der Waals surface area (Å²) >= 11 is 0. The zero-order valence-electron chi connectivity index (χ0n) is 14.9. The van der Waals surface area contributed by atoms with Gasteiger partial charge < -0.3 is 11.5 Å². The fourth-order valence-electron chi connectivity index (χ4n) is 3.17. The Balaban J connectivity index is 1.62. The summed E-state index contributed by atoms with van der Waals surface area (Å²) in [5, 5.41) is 5.65. The second-order valence-corrected chi connectivity index (χ2v) is 8.14. The minimum absolute atomic E-state index is 0.0810. The fraction of sp³-hybridized carbons (Fsp3) is 0.0500. The number of nitrogens with zero attached hydrogens (tertiary/aromatic N) is 1. The van der Waals surface area contributed by atoms with Gasteiger partial charge in [0.2, 0.25) is 5.96 Å². The van der Waals surface area contributed by atoms with Crippen LogP contribution in [0.15, 0.2) is 76.7 Å². The molecule has 0 amide bonds. The van der Waals surface area contributed by atoms with Crippen molar-refractivity contribution < 1.29 is 8.42 Å². The zero-order valence-corrected chi connectivity index (χ0v) is 15.7. The van der Waals surface area contributed by atoms with Gasteiger partial charge in [-0.05, 0) is 47.0 Å². The van der Waals surface area contributed by atoms with Crippen LogP contribution in [-0.2, 0) is 16.4 Å². The van der Waals surface area contributed by atoms with E-state index in [1.807, 2.05) is 36.4 Å². The molecule has 0 radical (unpaired) electrons. The van der Waals surface area contributed by atoms with Crippen LogP contribution in [0.3, 0.4) is 0 Å². The van der Waals surface area contributed by atoms with E-state index < -0.39 is 10.0 Å². The van der Waals surface area contributed by atoms with E-state index in [4.69, 9.17) is 11.5 Å². The van der Waals surface area contributed by atoms with Gasteiger partial charge in [0.05, 0.1) is 10.6 Å². The monoisotopic (exact) mass is 393 g/mol. The number of allylic oxidation sites excluding steroid dienone is 1.